The van der Waals surface area contributed by atoms with Crippen LogP contribution in [0, 0.1) is 11.6 Å². The highest BCUT2D eigenvalue weighted by Crippen LogP contribution is 2.26. The molecule has 0 radical (unpaired) electrons. The number of nitrogens with one attached hydrogen (secondary N) is 2. The summed E-state index contributed by atoms with van der Waals surface area (Å²) in [6.45, 7) is 0.143. The van der Waals surface area contributed by atoms with Gasteiger partial charge in [-0.1, -0.05) is 6.07 Å². The second-order valence-corrected chi connectivity index (χ2v) is 4.91. The number of benzene rings is 1. The van der Waals surface area contributed by atoms with Crippen LogP contribution in [-0.2, 0) is 6.54 Å². The summed E-state index contributed by atoms with van der Waals surface area (Å²) in [7, 11) is 0. The lowest BCUT2D eigenvalue weighted by atomic mass is 10.2. The zero-order valence-electron chi connectivity index (χ0n) is 12.4. The van der Waals surface area contributed by atoms with Gasteiger partial charge in [0.05, 0.1) is 0 Å². The molecule has 0 aliphatic rings. The summed E-state index contributed by atoms with van der Waals surface area (Å²) in [5.74, 6) is -1.83. The molecule has 0 spiro atoms. The summed E-state index contributed by atoms with van der Waals surface area (Å²) in [6, 6.07) is 9.72. The monoisotopic (exact) mass is 329 g/mol. The Morgan fingerprint density at radius 3 is 2.83 bits per heavy atom. The summed E-state index contributed by atoms with van der Waals surface area (Å²) in [5, 5.41) is 2.71. The number of aromatic nitrogens is 2. The molecule has 0 bridgehead atoms. The second kappa shape index (κ2) is 6.91. The number of pyridine rings is 1. The fourth-order valence-electron chi connectivity index (χ4n) is 2.05. The predicted octanol–water partition coefficient (Wildman–Crippen LogP) is 3.41. The molecule has 3 aromatic rings. The number of aromatic amines is 1. The van der Waals surface area contributed by atoms with Crippen LogP contribution in [0.3, 0.4) is 0 Å². The quantitative estimate of drug-likeness (QED) is 0.754. The van der Waals surface area contributed by atoms with Gasteiger partial charge in [0.2, 0.25) is 5.88 Å². The summed E-state index contributed by atoms with van der Waals surface area (Å²) in [5.41, 5.74) is 0.979. The van der Waals surface area contributed by atoms with Crippen LogP contribution >= 0.6 is 0 Å². The van der Waals surface area contributed by atoms with Gasteiger partial charge in [0.1, 0.15) is 11.5 Å². The van der Waals surface area contributed by atoms with Crippen molar-refractivity contribution in [3.8, 4) is 11.6 Å². The Balaban J connectivity index is 1.74. The smallest absolute Gasteiger partial charge is 0.267 e. The van der Waals surface area contributed by atoms with Gasteiger partial charge in [-0.2, -0.15) is 0 Å². The third kappa shape index (κ3) is 3.57. The number of H-pyrrole nitrogens is 1. The van der Waals surface area contributed by atoms with Crippen LogP contribution in [0.1, 0.15) is 16.1 Å². The fourth-order valence-corrected chi connectivity index (χ4v) is 2.05. The van der Waals surface area contributed by atoms with Gasteiger partial charge in [-0.3, -0.25) is 4.79 Å². The average Bonchev–Trinajstić information content (AvgIpc) is 3.11. The van der Waals surface area contributed by atoms with Gasteiger partial charge in [-0.25, -0.2) is 13.8 Å². The lowest BCUT2D eigenvalue weighted by Crippen LogP contribution is -2.23. The first-order chi connectivity index (χ1) is 11.6. The maximum absolute atomic E-state index is 13.7. The molecule has 2 heterocycles. The van der Waals surface area contributed by atoms with Crippen LogP contribution in [-0.4, -0.2) is 15.9 Å². The lowest BCUT2D eigenvalue weighted by Gasteiger charge is -2.11. The number of ether oxygens (including phenoxy) is 1. The SMILES string of the molecule is O=C(NCc1cccnc1Oc1ccc(F)cc1F)c1ccc[nH]1. The first-order valence-corrected chi connectivity index (χ1v) is 7.12. The highest BCUT2D eigenvalue weighted by atomic mass is 19.1. The number of nitrogens with zero attached hydrogens (tertiary/aromatic N) is 1. The minimum atomic E-state index is -0.831. The van der Waals surface area contributed by atoms with E-state index in [1.165, 1.54) is 12.3 Å². The highest BCUT2D eigenvalue weighted by Gasteiger charge is 2.12. The first kappa shape index (κ1) is 15.7. The first-order valence-electron chi connectivity index (χ1n) is 7.12. The van der Waals surface area contributed by atoms with Crippen LogP contribution in [0.25, 0.3) is 0 Å². The predicted molar refractivity (Wildman–Crippen MR) is 82.6 cm³/mol. The standard InChI is InChI=1S/C17H13F2N3O2/c18-12-5-6-15(13(19)9-12)24-17-11(3-1-8-21-17)10-22-16(23)14-4-2-7-20-14/h1-9,20H,10H2,(H,22,23). The molecule has 5 nitrogen and oxygen atoms in total. The van der Waals surface area contributed by atoms with Crippen LogP contribution in [0.2, 0.25) is 0 Å². The van der Waals surface area contributed by atoms with Crippen LogP contribution in [0.5, 0.6) is 11.6 Å². The Hall–Kier alpha value is -3.22. The second-order valence-electron chi connectivity index (χ2n) is 4.91. The van der Waals surface area contributed by atoms with Crippen molar-refractivity contribution in [2.75, 3.05) is 0 Å². The van der Waals surface area contributed by atoms with Crippen molar-refractivity contribution in [3.05, 3.63) is 77.8 Å². The molecule has 1 amide bonds. The molecule has 0 fully saturated rings. The zero-order chi connectivity index (χ0) is 16.9. The number of carbonyl (C=O) groups excluding carboxylic acids is 1. The molecule has 0 aliphatic heterocycles. The van der Waals surface area contributed by atoms with Gasteiger partial charge in [-0.15, -0.1) is 0 Å². The molecule has 7 heteroatoms. The zero-order valence-corrected chi connectivity index (χ0v) is 12.4. The van der Waals surface area contributed by atoms with Gasteiger partial charge < -0.3 is 15.0 Å². The average molecular weight is 329 g/mol. The summed E-state index contributed by atoms with van der Waals surface area (Å²) in [6.07, 6.45) is 3.12. The van der Waals surface area contributed by atoms with Crippen molar-refractivity contribution < 1.29 is 18.3 Å². The van der Waals surface area contributed by atoms with Gasteiger partial charge >= 0.3 is 0 Å². The van der Waals surface area contributed by atoms with Gasteiger partial charge in [0.15, 0.2) is 11.6 Å². The van der Waals surface area contributed by atoms with Gasteiger partial charge in [0.25, 0.3) is 5.91 Å². The molecule has 2 N–H and O–H groups in total. The Labute approximate surface area is 136 Å². The van der Waals surface area contributed by atoms with Crippen LogP contribution in [0.4, 0.5) is 8.78 Å². The van der Waals surface area contributed by atoms with Crippen LogP contribution < -0.4 is 10.1 Å². The highest BCUT2D eigenvalue weighted by molar-refractivity contribution is 5.92. The molecule has 0 unspecified atom stereocenters. The molecule has 0 aliphatic carbocycles. The van der Waals surface area contributed by atoms with E-state index in [2.05, 4.69) is 15.3 Å². The third-order valence-corrected chi connectivity index (χ3v) is 3.23. The molecule has 0 saturated heterocycles. The Bertz CT molecular complexity index is 851. The van der Waals surface area contributed by atoms with E-state index < -0.39 is 11.6 Å². The van der Waals surface area contributed by atoms with Crippen molar-refractivity contribution >= 4 is 5.91 Å². The summed E-state index contributed by atoms with van der Waals surface area (Å²) < 4.78 is 32.1. The van der Waals surface area contributed by atoms with Crippen molar-refractivity contribution in [1.82, 2.24) is 15.3 Å². The number of hydrogen-bond donors (Lipinski definition) is 2. The molecule has 0 saturated carbocycles. The number of rotatable bonds is 5. The van der Waals surface area contributed by atoms with Crippen molar-refractivity contribution in [2.24, 2.45) is 0 Å². The molecule has 0 atom stereocenters. The molecular weight excluding hydrogens is 316 g/mol. The molecule has 3 rings (SSSR count). The lowest BCUT2D eigenvalue weighted by molar-refractivity contribution is 0.0946. The maximum atomic E-state index is 13.7. The Morgan fingerprint density at radius 1 is 1.21 bits per heavy atom. The maximum Gasteiger partial charge on any atom is 0.267 e. The topological polar surface area (TPSA) is 67.0 Å². The summed E-state index contributed by atoms with van der Waals surface area (Å²) >= 11 is 0. The van der Waals surface area contributed by atoms with E-state index >= 15 is 0 Å². The van der Waals surface area contributed by atoms with E-state index in [1.807, 2.05) is 0 Å². The number of halogens is 2. The van der Waals surface area contributed by atoms with E-state index in [9.17, 15) is 13.6 Å². The van der Waals surface area contributed by atoms with E-state index in [1.54, 1.807) is 30.5 Å². The number of carbonyl (C=O) groups is 1. The number of amides is 1. The molecular formula is C17H13F2N3O2. The van der Waals surface area contributed by atoms with Crippen molar-refractivity contribution in [1.29, 1.82) is 0 Å². The van der Waals surface area contributed by atoms with E-state index in [4.69, 9.17) is 4.74 Å². The number of hydrogen-bond acceptors (Lipinski definition) is 3. The largest absolute Gasteiger partial charge is 0.436 e. The van der Waals surface area contributed by atoms with Gasteiger partial charge in [-0.05, 0) is 30.3 Å². The van der Waals surface area contributed by atoms with E-state index in [0.29, 0.717) is 11.3 Å². The van der Waals surface area contributed by atoms with Crippen molar-refractivity contribution in [2.45, 2.75) is 6.54 Å². The fraction of sp³-hybridized carbons (Fsp3) is 0.0588. The minimum absolute atomic E-state index is 0.134. The third-order valence-electron chi connectivity index (χ3n) is 3.23. The van der Waals surface area contributed by atoms with E-state index in [0.717, 1.165) is 12.1 Å². The molecule has 2 aromatic heterocycles. The van der Waals surface area contributed by atoms with Crippen molar-refractivity contribution in [3.63, 3.8) is 0 Å². The Morgan fingerprint density at radius 2 is 2.08 bits per heavy atom. The molecule has 1 aromatic carbocycles. The van der Waals surface area contributed by atoms with E-state index in [-0.39, 0.29) is 24.1 Å². The summed E-state index contributed by atoms with van der Waals surface area (Å²) in [4.78, 5) is 18.8. The minimum Gasteiger partial charge on any atom is -0.436 e. The van der Waals surface area contributed by atoms with Crippen LogP contribution in [0.15, 0.2) is 54.9 Å². The van der Waals surface area contributed by atoms with Gasteiger partial charge in [0, 0.05) is 30.6 Å². The molecule has 122 valence electrons. The molecule has 24 heavy (non-hydrogen) atoms. The normalized spacial score (nSPS) is 10.4. The Kier molecular flexibility index (Phi) is 4.51.